The molecule has 1 unspecified atom stereocenters. The fourth-order valence-electron chi connectivity index (χ4n) is 1.72. The molecule has 0 radical (unpaired) electrons. The van der Waals surface area contributed by atoms with Gasteiger partial charge in [0.1, 0.15) is 0 Å². The van der Waals surface area contributed by atoms with Crippen LogP contribution in [0.3, 0.4) is 0 Å². The van der Waals surface area contributed by atoms with Gasteiger partial charge in [-0.25, -0.2) is 9.48 Å². The Bertz CT molecular complexity index is 521. The Labute approximate surface area is 108 Å². The normalized spacial score (nSPS) is 12.8. The zero-order valence-corrected chi connectivity index (χ0v) is 11.0. The van der Waals surface area contributed by atoms with E-state index in [0.717, 1.165) is 4.88 Å². The van der Waals surface area contributed by atoms with Gasteiger partial charge in [0, 0.05) is 0 Å². The van der Waals surface area contributed by atoms with Crippen molar-refractivity contribution in [3.8, 4) is 10.7 Å². The molecule has 2 rings (SSSR count). The highest BCUT2D eigenvalue weighted by molar-refractivity contribution is 7.13. The molecule has 0 aromatic carbocycles. The molecule has 0 bridgehead atoms. The van der Waals surface area contributed by atoms with E-state index in [9.17, 15) is 9.90 Å². The van der Waals surface area contributed by atoms with Crippen molar-refractivity contribution in [3.63, 3.8) is 0 Å². The van der Waals surface area contributed by atoms with Gasteiger partial charge in [-0.1, -0.05) is 19.9 Å². The van der Waals surface area contributed by atoms with Crippen LogP contribution in [0.4, 0.5) is 0 Å². The highest BCUT2D eigenvalue weighted by Gasteiger charge is 2.26. The Morgan fingerprint density at radius 3 is 2.89 bits per heavy atom. The predicted molar refractivity (Wildman–Crippen MR) is 67.3 cm³/mol. The summed E-state index contributed by atoms with van der Waals surface area (Å²) >= 11 is 1.49. The summed E-state index contributed by atoms with van der Waals surface area (Å²) < 4.78 is 1.40. The molecule has 1 N–H and O–H groups in total. The molecule has 2 aromatic heterocycles. The summed E-state index contributed by atoms with van der Waals surface area (Å²) in [6, 6.07) is 3.04. The van der Waals surface area contributed by atoms with Gasteiger partial charge in [-0.3, -0.25) is 0 Å². The average Bonchev–Trinajstić information content (AvgIpc) is 2.95. The maximum atomic E-state index is 11.3. The molecule has 0 aliphatic heterocycles. The van der Waals surface area contributed by atoms with Gasteiger partial charge >= 0.3 is 5.97 Å². The third kappa shape index (κ3) is 2.56. The standard InChI is InChI=1S/C11H14N4O2S/c1-7(2)6-8(11(16)17)15-10(12-13-14-15)9-4-3-5-18-9/h3-5,7-8H,6H2,1-2H3,(H,16,17). The van der Waals surface area contributed by atoms with E-state index in [-0.39, 0.29) is 5.92 Å². The van der Waals surface area contributed by atoms with Gasteiger partial charge in [-0.15, -0.1) is 16.4 Å². The van der Waals surface area contributed by atoms with Gasteiger partial charge in [0.2, 0.25) is 0 Å². The number of carboxylic acids is 1. The molecule has 2 heterocycles. The second kappa shape index (κ2) is 5.26. The minimum Gasteiger partial charge on any atom is -0.480 e. The molecule has 0 spiro atoms. The van der Waals surface area contributed by atoms with Crippen LogP contribution in [0.2, 0.25) is 0 Å². The number of rotatable bonds is 5. The summed E-state index contributed by atoms with van der Waals surface area (Å²) in [4.78, 5) is 12.2. The number of hydrogen-bond donors (Lipinski definition) is 1. The number of thiophene rings is 1. The van der Waals surface area contributed by atoms with Gasteiger partial charge in [-0.05, 0) is 34.2 Å². The van der Waals surface area contributed by atoms with Crippen LogP contribution >= 0.6 is 11.3 Å². The lowest BCUT2D eigenvalue weighted by atomic mass is 10.0. The topological polar surface area (TPSA) is 80.9 Å². The Kier molecular flexibility index (Phi) is 3.71. The minimum absolute atomic E-state index is 0.256. The molecule has 0 amide bonds. The maximum Gasteiger partial charge on any atom is 0.328 e. The summed E-state index contributed by atoms with van der Waals surface area (Å²) in [5.74, 6) is -0.140. The highest BCUT2D eigenvalue weighted by atomic mass is 32.1. The minimum atomic E-state index is -0.909. The molecule has 7 heteroatoms. The molecular weight excluding hydrogens is 252 g/mol. The van der Waals surface area contributed by atoms with Crippen LogP contribution in [0.1, 0.15) is 26.3 Å². The molecule has 6 nitrogen and oxygen atoms in total. The van der Waals surface area contributed by atoms with Crippen molar-refractivity contribution >= 4 is 17.3 Å². The fraction of sp³-hybridized carbons (Fsp3) is 0.455. The number of carboxylic acid groups (broad SMARTS) is 1. The predicted octanol–water partition coefficient (Wildman–Crippen LogP) is 2.07. The Hall–Kier alpha value is -1.76. The van der Waals surface area contributed by atoms with Gasteiger partial charge in [0.15, 0.2) is 11.9 Å². The van der Waals surface area contributed by atoms with Crippen molar-refractivity contribution in [2.24, 2.45) is 5.92 Å². The van der Waals surface area contributed by atoms with E-state index in [0.29, 0.717) is 12.2 Å². The number of nitrogens with zero attached hydrogens (tertiary/aromatic N) is 4. The van der Waals surface area contributed by atoms with Crippen molar-refractivity contribution < 1.29 is 9.90 Å². The molecule has 0 aliphatic rings. The van der Waals surface area contributed by atoms with Crippen molar-refractivity contribution in [2.45, 2.75) is 26.3 Å². The summed E-state index contributed by atoms with van der Waals surface area (Å²) in [6.07, 6.45) is 0.499. The van der Waals surface area contributed by atoms with Crippen molar-refractivity contribution in [3.05, 3.63) is 17.5 Å². The molecule has 0 aliphatic carbocycles. The van der Waals surface area contributed by atoms with E-state index in [1.807, 2.05) is 31.4 Å². The van der Waals surface area contributed by atoms with E-state index in [1.54, 1.807) is 0 Å². The average molecular weight is 266 g/mol. The second-order valence-electron chi connectivity index (χ2n) is 4.41. The second-order valence-corrected chi connectivity index (χ2v) is 5.36. The highest BCUT2D eigenvalue weighted by Crippen LogP contribution is 2.26. The summed E-state index contributed by atoms with van der Waals surface area (Å²) in [5.41, 5.74) is 0. The van der Waals surface area contributed by atoms with Gasteiger partial charge < -0.3 is 5.11 Å². The van der Waals surface area contributed by atoms with Crippen molar-refractivity contribution in [1.29, 1.82) is 0 Å². The Morgan fingerprint density at radius 2 is 2.33 bits per heavy atom. The van der Waals surface area contributed by atoms with E-state index >= 15 is 0 Å². The first-order valence-corrected chi connectivity index (χ1v) is 6.52. The van der Waals surface area contributed by atoms with Crippen LogP contribution in [0.5, 0.6) is 0 Å². The first-order valence-electron chi connectivity index (χ1n) is 5.64. The van der Waals surface area contributed by atoms with E-state index in [4.69, 9.17) is 0 Å². The molecule has 1 atom stereocenters. The fourth-order valence-corrected chi connectivity index (χ4v) is 2.42. The number of carbonyl (C=O) groups is 1. The van der Waals surface area contributed by atoms with Gasteiger partial charge in [-0.2, -0.15) is 0 Å². The number of hydrogen-bond acceptors (Lipinski definition) is 5. The third-order valence-corrected chi connectivity index (χ3v) is 3.38. The first kappa shape index (κ1) is 12.7. The van der Waals surface area contributed by atoms with Gasteiger partial charge in [0.05, 0.1) is 4.88 Å². The van der Waals surface area contributed by atoms with Crippen LogP contribution in [-0.2, 0) is 4.79 Å². The molecular formula is C11H14N4O2S. The lowest BCUT2D eigenvalue weighted by molar-refractivity contribution is -0.141. The lowest BCUT2D eigenvalue weighted by Gasteiger charge is -2.15. The molecule has 96 valence electrons. The van der Waals surface area contributed by atoms with E-state index < -0.39 is 12.0 Å². The van der Waals surface area contributed by atoms with E-state index in [1.165, 1.54) is 16.0 Å². The maximum absolute atomic E-state index is 11.3. The summed E-state index contributed by atoms with van der Waals surface area (Å²) in [7, 11) is 0. The van der Waals surface area contributed by atoms with Crippen LogP contribution in [0.25, 0.3) is 10.7 Å². The van der Waals surface area contributed by atoms with Crippen LogP contribution in [0.15, 0.2) is 17.5 Å². The number of aromatic nitrogens is 4. The first-order chi connectivity index (χ1) is 8.59. The number of tetrazole rings is 1. The molecule has 0 saturated carbocycles. The van der Waals surface area contributed by atoms with Gasteiger partial charge in [0.25, 0.3) is 0 Å². The summed E-state index contributed by atoms with van der Waals surface area (Å²) in [5, 5.41) is 22.6. The Morgan fingerprint density at radius 1 is 1.56 bits per heavy atom. The quantitative estimate of drug-likeness (QED) is 0.896. The van der Waals surface area contributed by atoms with Crippen LogP contribution in [-0.4, -0.2) is 31.3 Å². The smallest absolute Gasteiger partial charge is 0.328 e. The molecule has 0 fully saturated rings. The third-order valence-electron chi connectivity index (χ3n) is 2.51. The summed E-state index contributed by atoms with van der Waals surface area (Å²) in [6.45, 7) is 3.95. The SMILES string of the molecule is CC(C)CC(C(=O)O)n1nnnc1-c1cccs1. The van der Waals surface area contributed by atoms with Crippen molar-refractivity contribution in [1.82, 2.24) is 20.2 Å². The molecule has 0 saturated heterocycles. The van der Waals surface area contributed by atoms with Crippen molar-refractivity contribution in [2.75, 3.05) is 0 Å². The van der Waals surface area contributed by atoms with Crippen LogP contribution in [0, 0.1) is 5.92 Å². The largest absolute Gasteiger partial charge is 0.480 e. The zero-order valence-electron chi connectivity index (χ0n) is 10.1. The molecule has 18 heavy (non-hydrogen) atoms. The van der Waals surface area contributed by atoms with Crippen LogP contribution < -0.4 is 0 Å². The lowest BCUT2D eigenvalue weighted by Crippen LogP contribution is -2.22. The monoisotopic (exact) mass is 266 g/mol. The Balaban J connectivity index is 2.37. The van der Waals surface area contributed by atoms with E-state index in [2.05, 4.69) is 15.5 Å². The zero-order chi connectivity index (χ0) is 13.1. The number of aliphatic carboxylic acids is 1. The molecule has 2 aromatic rings.